The number of hydrogen-bond donors (Lipinski definition) is 1. The van der Waals surface area contributed by atoms with Crippen molar-refractivity contribution in [3.8, 4) is 6.07 Å². The Morgan fingerprint density at radius 2 is 2.06 bits per heavy atom. The summed E-state index contributed by atoms with van der Waals surface area (Å²) in [6.45, 7) is 0. The van der Waals surface area contributed by atoms with Crippen molar-refractivity contribution in [2.75, 3.05) is 5.73 Å². The third-order valence-corrected chi connectivity index (χ3v) is 4.31. The number of rotatable bonds is 3. The molecule has 5 heteroatoms. The number of anilines is 1. The van der Waals surface area contributed by atoms with Crippen molar-refractivity contribution < 1.29 is 4.79 Å². The summed E-state index contributed by atoms with van der Waals surface area (Å²) in [6, 6.07) is 11.6. The Bertz CT molecular complexity index is 585. The van der Waals surface area contributed by atoms with Crippen LogP contribution in [0, 0.1) is 11.3 Å². The van der Waals surface area contributed by atoms with E-state index in [1.807, 2.05) is 36.4 Å². The van der Waals surface area contributed by atoms with E-state index >= 15 is 0 Å². The molecule has 0 saturated carbocycles. The summed E-state index contributed by atoms with van der Waals surface area (Å²) >= 11 is 2.54. The van der Waals surface area contributed by atoms with E-state index in [0.29, 0.717) is 20.3 Å². The summed E-state index contributed by atoms with van der Waals surface area (Å²) in [5.41, 5.74) is 6.10. The van der Waals surface area contributed by atoms with Crippen molar-refractivity contribution in [3.63, 3.8) is 0 Å². The van der Waals surface area contributed by atoms with E-state index in [9.17, 15) is 4.79 Å². The van der Waals surface area contributed by atoms with Gasteiger partial charge in [0.05, 0.1) is 9.77 Å². The van der Waals surface area contributed by atoms with Crippen LogP contribution in [0.25, 0.3) is 0 Å². The van der Waals surface area contributed by atoms with Gasteiger partial charge in [-0.15, -0.1) is 11.3 Å². The first-order valence-electron chi connectivity index (χ1n) is 4.76. The number of benzene rings is 1. The van der Waals surface area contributed by atoms with Gasteiger partial charge >= 0.3 is 0 Å². The molecule has 17 heavy (non-hydrogen) atoms. The van der Waals surface area contributed by atoms with Gasteiger partial charge in [0.1, 0.15) is 16.6 Å². The minimum Gasteiger partial charge on any atom is -0.389 e. The number of nitrogens with two attached hydrogens (primary N) is 1. The molecule has 0 aliphatic carbocycles. The standard InChI is InChI=1S/C12H8N2OS2/c13-6-9-11(10(7-15)17-12(9)14)16-8-4-2-1-3-5-8/h1-5,7H,14H2. The fraction of sp³-hybridized carbons (Fsp3) is 0. The topological polar surface area (TPSA) is 66.9 Å². The molecule has 84 valence electrons. The molecule has 0 bridgehead atoms. The van der Waals surface area contributed by atoms with Crippen LogP contribution in [0.2, 0.25) is 0 Å². The second kappa shape index (κ2) is 5.04. The fourth-order valence-electron chi connectivity index (χ4n) is 1.34. The van der Waals surface area contributed by atoms with Crippen molar-refractivity contribution in [3.05, 3.63) is 40.8 Å². The Hall–Kier alpha value is -1.77. The van der Waals surface area contributed by atoms with Crippen LogP contribution in [0.3, 0.4) is 0 Å². The maximum absolute atomic E-state index is 10.9. The average molecular weight is 260 g/mol. The quantitative estimate of drug-likeness (QED) is 0.861. The highest BCUT2D eigenvalue weighted by molar-refractivity contribution is 7.99. The molecule has 0 amide bonds. The van der Waals surface area contributed by atoms with Crippen molar-refractivity contribution in [1.82, 2.24) is 0 Å². The summed E-state index contributed by atoms with van der Waals surface area (Å²) in [5, 5.41) is 9.43. The Morgan fingerprint density at radius 3 is 2.65 bits per heavy atom. The third kappa shape index (κ3) is 2.33. The molecule has 2 N–H and O–H groups in total. The normalized spacial score (nSPS) is 9.82. The minimum atomic E-state index is 0.394. The zero-order valence-electron chi connectivity index (χ0n) is 8.71. The first-order valence-corrected chi connectivity index (χ1v) is 6.40. The molecule has 0 atom stereocenters. The number of hydrogen-bond acceptors (Lipinski definition) is 5. The van der Waals surface area contributed by atoms with Crippen LogP contribution in [0.15, 0.2) is 40.1 Å². The number of nitrogen functional groups attached to an aromatic ring is 1. The van der Waals surface area contributed by atoms with Gasteiger partial charge in [-0.05, 0) is 12.1 Å². The van der Waals surface area contributed by atoms with E-state index in [0.717, 1.165) is 22.5 Å². The predicted molar refractivity (Wildman–Crippen MR) is 69.4 cm³/mol. The van der Waals surface area contributed by atoms with Crippen LogP contribution in [0.5, 0.6) is 0 Å². The maximum Gasteiger partial charge on any atom is 0.161 e. The van der Waals surface area contributed by atoms with E-state index in [1.54, 1.807) is 0 Å². The minimum absolute atomic E-state index is 0.394. The molecule has 0 spiro atoms. The Labute approximate surface area is 107 Å². The van der Waals surface area contributed by atoms with Crippen LogP contribution in [-0.2, 0) is 0 Å². The largest absolute Gasteiger partial charge is 0.389 e. The monoisotopic (exact) mass is 260 g/mol. The van der Waals surface area contributed by atoms with Crippen LogP contribution in [-0.4, -0.2) is 6.29 Å². The summed E-state index contributed by atoms with van der Waals surface area (Å²) in [6.07, 6.45) is 0.743. The van der Waals surface area contributed by atoms with Crippen molar-refractivity contribution in [2.24, 2.45) is 0 Å². The van der Waals surface area contributed by atoms with Crippen molar-refractivity contribution >= 4 is 34.4 Å². The summed E-state index contributed by atoms with van der Waals surface area (Å²) in [4.78, 5) is 13.1. The molecule has 1 heterocycles. The van der Waals surface area contributed by atoms with Gasteiger partial charge in [-0.1, -0.05) is 30.0 Å². The van der Waals surface area contributed by atoms with Gasteiger partial charge in [-0.2, -0.15) is 5.26 Å². The second-order valence-electron chi connectivity index (χ2n) is 3.18. The van der Waals surface area contributed by atoms with Crippen LogP contribution < -0.4 is 5.73 Å². The van der Waals surface area contributed by atoms with E-state index < -0.39 is 0 Å². The Kier molecular flexibility index (Phi) is 3.47. The molecule has 0 fully saturated rings. The molecular weight excluding hydrogens is 252 g/mol. The highest BCUT2D eigenvalue weighted by atomic mass is 32.2. The predicted octanol–water partition coefficient (Wildman–Crippen LogP) is 3.17. The molecule has 2 rings (SSSR count). The Balaban J connectivity index is 2.45. The summed E-state index contributed by atoms with van der Waals surface area (Å²) in [7, 11) is 0. The molecule has 3 nitrogen and oxygen atoms in total. The van der Waals surface area contributed by atoms with Crippen LogP contribution >= 0.6 is 23.1 Å². The summed E-state index contributed by atoms with van der Waals surface area (Å²) < 4.78 is 0. The number of aldehydes is 1. The lowest BCUT2D eigenvalue weighted by Crippen LogP contribution is -1.85. The van der Waals surface area contributed by atoms with Gasteiger partial charge in [-0.25, -0.2) is 0 Å². The average Bonchev–Trinajstić information content (AvgIpc) is 2.66. The highest BCUT2D eigenvalue weighted by Crippen LogP contribution is 2.40. The Morgan fingerprint density at radius 1 is 1.35 bits per heavy atom. The number of nitrogens with zero attached hydrogens (tertiary/aromatic N) is 1. The third-order valence-electron chi connectivity index (χ3n) is 2.10. The smallest absolute Gasteiger partial charge is 0.161 e. The molecule has 0 aliphatic heterocycles. The van der Waals surface area contributed by atoms with E-state index in [2.05, 4.69) is 0 Å². The lowest BCUT2D eigenvalue weighted by atomic mass is 10.3. The van der Waals surface area contributed by atoms with Gasteiger partial charge in [0.2, 0.25) is 0 Å². The van der Waals surface area contributed by atoms with Crippen molar-refractivity contribution in [2.45, 2.75) is 9.79 Å². The number of carbonyl (C=O) groups excluding carboxylic acids is 1. The zero-order chi connectivity index (χ0) is 12.3. The molecular formula is C12H8N2OS2. The lowest BCUT2D eigenvalue weighted by molar-refractivity contribution is 0.112. The number of carbonyl (C=O) groups is 1. The van der Waals surface area contributed by atoms with E-state index in [-0.39, 0.29) is 0 Å². The molecule has 0 radical (unpaired) electrons. The molecule has 1 aromatic carbocycles. The van der Waals surface area contributed by atoms with Gasteiger partial charge in [0.25, 0.3) is 0 Å². The van der Waals surface area contributed by atoms with Gasteiger partial charge in [0, 0.05) is 4.90 Å². The first-order chi connectivity index (χ1) is 8.26. The molecule has 0 saturated heterocycles. The van der Waals surface area contributed by atoms with Gasteiger partial charge in [0.15, 0.2) is 6.29 Å². The maximum atomic E-state index is 10.9. The fourth-order valence-corrected chi connectivity index (χ4v) is 3.32. The zero-order valence-corrected chi connectivity index (χ0v) is 10.3. The van der Waals surface area contributed by atoms with Gasteiger partial charge < -0.3 is 5.73 Å². The molecule has 0 unspecified atom stereocenters. The van der Waals surface area contributed by atoms with E-state index in [4.69, 9.17) is 11.0 Å². The van der Waals surface area contributed by atoms with Crippen LogP contribution in [0.1, 0.15) is 15.2 Å². The van der Waals surface area contributed by atoms with E-state index in [1.165, 1.54) is 11.8 Å². The lowest BCUT2D eigenvalue weighted by Gasteiger charge is -2.00. The van der Waals surface area contributed by atoms with Crippen LogP contribution in [0.4, 0.5) is 5.00 Å². The van der Waals surface area contributed by atoms with Gasteiger partial charge in [-0.3, -0.25) is 4.79 Å². The molecule has 2 aromatic rings. The SMILES string of the molecule is N#Cc1c(N)sc(C=O)c1Sc1ccccc1. The number of nitriles is 1. The first kappa shape index (κ1) is 11.7. The van der Waals surface area contributed by atoms with Crippen molar-refractivity contribution in [1.29, 1.82) is 5.26 Å². The molecule has 0 aliphatic rings. The molecule has 1 aromatic heterocycles. The second-order valence-corrected chi connectivity index (χ2v) is 5.35. The summed E-state index contributed by atoms with van der Waals surface area (Å²) in [5.74, 6) is 0. The number of thiophene rings is 1. The highest BCUT2D eigenvalue weighted by Gasteiger charge is 2.16.